The van der Waals surface area contributed by atoms with Crippen LogP contribution in [-0.4, -0.2) is 97.2 Å². The Kier molecular flexibility index (Phi) is 7.31. The maximum absolute atomic E-state index is 15.3. The summed E-state index contributed by atoms with van der Waals surface area (Å²) >= 11 is 0. The highest BCUT2D eigenvalue weighted by Gasteiger charge is 2.32. The van der Waals surface area contributed by atoms with Gasteiger partial charge in [-0.15, -0.1) is 0 Å². The molecule has 0 N–H and O–H groups in total. The fraction of sp³-hybridized carbons (Fsp3) is 0.448. The van der Waals surface area contributed by atoms with Gasteiger partial charge >= 0.3 is 0 Å². The van der Waals surface area contributed by atoms with Crippen LogP contribution in [0, 0.1) is 5.82 Å². The van der Waals surface area contributed by atoms with Crippen molar-refractivity contribution in [2.24, 2.45) is 4.99 Å². The molecule has 5 rings (SSSR count). The van der Waals surface area contributed by atoms with Gasteiger partial charge in [-0.2, -0.15) is 0 Å². The molecule has 0 atom stereocenters. The molecule has 2 aliphatic heterocycles. The largest absolute Gasteiger partial charge is 0.362 e. The van der Waals surface area contributed by atoms with E-state index in [1.165, 1.54) is 0 Å². The fourth-order valence-corrected chi connectivity index (χ4v) is 5.10. The van der Waals surface area contributed by atoms with Crippen LogP contribution in [0.5, 0.6) is 0 Å². The molecule has 3 aromatic rings. The summed E-state index contributed by atoms with van der Waals surface area (Å²) in [5.74, 6) is 0.730. The summed E-state index contributed by atoms with van der Waals surface area (Å²) in [7, 11) is 4.32. The first-order valence-corrected chi connectivity index (χ1v) is 13.1. The lowest BCUT2D eigenvalue weighted by Gasteiger charge is -2.41. The number of piperazine rings is 2. The van der Waals surface area contributed by atoms with Gasteiger partial charge in [0.1, 0.15) is 23.5 Å². The van der Waals surface area contributed by atoms with Gasteiger partial charge in [0.2, 0.25) is 5.96 Å². The van der Waals surface area contributed by atoms with E-state index in [-0.39, 0.29) is 5.82 Å². The Morgan fingerprint density at radius 3 is 2.03 bits per heavy atom. The van der Waals surface area contributed by atoms with Crippen molar-refractivity contribution < 1.29 is 8.91 Å². The van der Waals surface area contributed by atoms with Crippen LogP contribution < -0.4 is 0 Å². The Balaban J connectivity index is 1.48. The minimum absolute atomic E-state index is 0.249. The second kappa shape index (κ2) is 10.6. The zero-order valence-electron chi connectivity index (χ0n) is 22.3. The lowest BCUT2D eigenvalue weighted by molar-refractivity contribution is 0.168. The molecule has 196 valence electrons. The Hall–Kier alpha value is -3.23. The minimum atomic E-state index is -0.600. The third-order valence-electron chi connectivity index (χ3n) is 7.71. The Labute approximate surface area is 219 Å². The SMILES string of the molecule is CN1CCN(C(=Nc2conc2C(C)(C)c2ccc(-c3ccccc3)c(F)c2)N2CCN(C)CC2)CC1. The molecular weight excluding hydrogens is 467 g/mol. The number of aliphatic imine (C=N–C) groups is 1. The molecule has 8 heteroatoms. The van der Waals surface area contributed by atoms with Gasteiger partial charge in [-0.05, 0) is 45.1 Å². The molecule has 0 amide bonds. The first-order valence-electron chi connectivity index (χ1n) is 13.1. The van der Waals surface area contributed by atoms with Gasteiger partial charge in [0.15, 0.2) is 0 Å². The number of halogens is 1. The summed E-state index contributed by atoms with van der Waals surface area (Å²) in [6.45, 7) is 11.8. The zero-order valence-corrected chi connectivity index (χ0v) is 22.3. The van der Waals surface area contributed by atoms with Crippen molar-refractivity contribution in [3.05, 3.63) is 71.9 Å². The Morgan fingerprint density at radius 2 is 1.46 bits per heavy atom. The molecule has 7 nitrogen and oxygen atoms in total. The van der Waals surface area contributed by atoms with Crippen LogP contribution in [0.15, 0.2) is 64.3 Å². The van der Waals surface area contributed by atoms with Crippen LogP contribution >= 0.6 is 0 Å². The van der Waals surface area contributed by atoms with E-state index in [1.54, 1.807) is 12.3 Å². The number of rotatable bonds is 4. The van der Waals surface area contributed by atoms with Gasteiger partial charge in [-0.25, -0.2) is 9.38 Å². The van der Waals surface area contributed by atoms with Gasteiger partial charge in [0, 0.05) is 63.3 Å². The number of hydrogen-bond donors (Lipinski definition) is 0. The predicted octanol–water partition coefficient (Wildman–Crippen LogP) is 4.29. The van der Waals surface area contributed by atoms with Crippen molar-refractivity contribution in [2.45, 2.75) is 19.3 Å². The van der Waals surface area contributed by atoms with Crippen molar-refractivity contribution in [3.8, 4) is 11.1 Å². The average molecular weight is 505 g/mol. The highest BCUT2D eigenvalue weighted by Crippen LogP contribution is 2.38. The monoisotopic (exact) mass is 504 g/mol. The molecule has 2 saturated heterocycles. The van der Waals surface area contributed by atoms with E-state index < -0.39 is 5.41 Å². The molecule has 0 radical (unpaired) electrons. The summed E-state index contributed by atoms with van der Waals surface area (Å²) in [6.07, 6.45) is 1.62. The van der Waals surface area contributed by atoms with Gasteiger partial charge in [-0.1, -0.05) is 47.6 Å². The number of benzene rings is 2. The number of nitrogens with zero attached hydrogens (tertiary/aromatic N) is 6. The minimum Gasteiger partial charge on any atom is -0.362 e. The molecule has 2 aromatic carbocycles. The van der Waals surface area contributed by atoms with Crippen molar-refractivity contribution in [2.75, 3.05) is 66.5 Å². The average Bonchev–Trinajstić information content (AvgIpc) is 3.38. The first kappa shape index (κ1) is 25.4. The zero-order chi connectivity index (χ0) is 26.0. The molecule has 37 heavy (non-hydrogen) atoms. The molecule has 2 fully saturated rings. The number of hydrogen-bond acceptors (Lipinski definition) is 5. The highest BCUT2D eigenvalue weighted by atomic mass is 19.1. The third kappa shape index (κ3) is 5.40. The van der Waals surface area contributed by atoms with E-state index >= 15 is 4.39 Å². The van der Waals surface area contributed by atoms with Crippen LogP contribution in [0.4, 0.5) is 10.1 Å². The molecule has 0 bridgehead atoms. The Bertz CT molecular complexity index is 1200. The lowest BCUT2D eigenvalue weighted by Crippen LogP contribution is -2.56. The topological polar surface area (TPSA) is 51.4 Å². The van der Waals surface area contributed by atoms with E-state index in [2.05, 4.69) is 38.9 Å². The molecule has 0 spiro atoms. The quantitative estimate of drug-likeness (QED) is 0.390. The van der Waals surface area contributed by atoms with E-state index in [9.17, 15) is 0 Å². The second-order valence-electron chi connectivity index (χ2n) is 10.7. The van der Waals surface area contributed by atoms with Gasteiger partial charge < -0.3 is 24.1 Å². The summed E-state index contributed by atoms with van der Waals surface area (Å²) in [5, 5.41) is 4.38. The van der Waals surface area contributed by atoms with Crippen LogP contribution in [0.25, 0.3) is 11.1 Å². The van der Waals surface area contributed by atoms with Crippen molar-refractivity contribution >= 4 is 11.6 Å². The Morgan fingerprint density at radius 1 is 0.865 bits per heavy atom. The highest BCUT2D eigenvalue weighted by molar-refractivity contribution is 5.83. The molecule has 1 aromatic heterocycles. The second-order valence-corrected chi connectivity index (χ2v) is 10.7. The molecule has 0 saturated carbocycles. The van der Waals surface area contributed by atoms with Crippen LogP contribution in [0.3, 0.4) is 0 Å². The van der Waals surface area contributed by atoms with E-state index in [4.69, 9.17) is 9.52 Å². The van der Waals surface area contributed by atoms with E-state index in [0.29, 0.717) is 16.9 Å². The summed E-state index contributed by atoms with van der Waals surface area (Å²) in [4.78, 5) is 14.6. The van der Waals surface area contributed by atoms with Crippen molar-refractivity contribution in [1.82, 2.24) is 24.8 Å². The van der Waals surface area contributed by atoms with Crippen LogP contribution in [0.1, 0.15) is 25.1 Å². The standard InChI is InChI=1S/C29H37FN6O/c1-29(2,23-10-11-24(25(30)20-23)22-8-6-5-7-9-22)27-26(21-37-32-27)31-28(35-16-12-33(3)13-17-35)36-18-14-34(4)15-19-36/h5-11,20-21H,12-19H2,1-4H3. The molecule has 0 aliphatic carbocycles. The van der Waals surface area contributed by atoms with E-state index in [0.717, 1.165) is 69.4 Å². The van der Waals surface area contributed by atoms with Crippen molar-refractivity contribution in [3.63, 3.8) is 0 Å². The first-order chi connectivity index (χ1) is 17.8. The molecule has 3 heterocycles. The van der Waals surface area contributed by atoms with E-state index in [1.807, 2.05) is 56.3 Å². The predicted molar refractivity (Wildman–Crippen MR) is 146 cm³/mol. The van der Waals surface area contributed by atoms with Crippen molar-refractivity contribution in [1.29, 1.82) is 0 Å². The number of guanidine groups is 1. The molecular formula is C29H37FN6O. The summed E-state index contributed by atoms with van der Waals surface area (Å²) in [5.41, 5.74) is 3.09. The van der Waals surface area contributed by atoms with Crippen LogP contribution in [-0.2, 0) is 5.41 Å². The summed E-state index contributed by atoms with van der Waals surface area (Å²) in [6, 6.07) is 15.1. The smallest absolute Gasteiger partial charge is 0.202 e. The normalized spacial score (nSPS) is 17.8. The van der Waals surface area contributed by atoms with Gasteiger partial charge in [-0.3, -0.25) is 0 Å². The number of aromatic nitrogens is 1. The molecule has 0 unspecified atom stereocenters. The third-order valence-corrected chi connectivity index (χ3v) is 7.71. The fourth-order valence-electron chi connectivity index (χ4n) is 5.10. The lowest BCUT2D eigenvalue weighted by atomic mass is 9.80. The maximum Gasteiger partial charge on any atom is 0.202 e. The summed E-state index contributed by atoms with van der Waals surface area (Å²) < 4.78 is 20.8. The van der Waals surface area contributed by atoms with Crippen LogP contribution in [0.2, 0.25) is 0 Å². The molecule has 2 aliphatic rings. The number of likely N-dealkylation sites (N-methyl/N-ethyl adjacent to an activating group) is 2. The van der Waals surface area contributed by atoms with Gasteiger partial charge in [0.25, 0.3) is 0 Å². The maximum atomic E-state index is 15.3. The van der Waals surface area contributed by atoms with Gasteiger partial charge in [0.05, 0.1) is 0 Å².